The van der Waals surface area contributed by atoms with Crippen molar-refractivity contribution in [1.82, 2.24) is 0 Å². The molecule has 0 spiro atoms. The van der Waals surface area contributed by atoms with E-state index in [1.165, 1.54) is 6.08 Å². The molecule has 1 heterocycles. The van der Waals surface area contributed by atoms with Gasteiger partial charge in [0, 0.05) is 22.0 Å². The van der Waals surface area contributed by atoms with Gasteiger partial charge >= 0.3 is 6.03 Å². The summed E-state index contributed by atoms with van der Waals surface area (Å²) in [6, 6.07) is 18.5. The molecule has 0 unspecified atom stereocenters. The highest BCUT2D eigenvalue weighted by Gasteiger charge is 2.12. The van der Waals surface area contributed by atoms with Crippen LogP contribution in [0.15, 0.2) is 72.8 Å². The third-order valence-corrected chi connectivity index (χ3v) is 4.61. The standard InChI is InChI=1S/C23H17ClN2O4/c24-17-5-9-19(10-6-17)26-23(28)25-18-7-3-16(4-8-18)20(27)11-1-15-2-12-21-22(13-15)30-14-29-21/h1-13H,14H2,(H2,25,26,28)/b11-1+. The minimum atomic E-state index is -0.390. The Balaban J connectivity index is 1.35. The Morgan fingerprint density at radius 1 is 0.833 bits per heavy atom. The second-order valence-electron chi connectivity index (χ2n) is 6.47. The van der Waals surface area contributed by atoms with E-state index >= 15 is 0 Å². The monoisotopic (exact) mass is 420 g/mol. The molecule has 0 saturated carbocycles. The maximum Gasteiger partial charge on any atom is 0.323 e. The molecule has 3 aromatic carbocycles. The molecule has 0 atom stereocenters. The van der Waals surface area contributed by atoms with E-state index in [9.17, 15) is 9.59 Å². The molecule has 150 valence electrons. The molecule has 30 heavy (non-hydrogen) atoms. The van der Waals surface area contributed by atoms with E-state index in [0.29, 0.717) is 33.5 Å². The van der Waals surface area contributed by atoms with Gasteiger partial charge in [-0.2, -0.15) is 0 Å². The average Bonchev–Trinajstić information content (AvgIpc) is 3.22. The van der Waals surface area contributed by atoms with Gasteiger partial charge < -0.3 is 20.1 Å². The number of amides is 2. The number of carbonyl (C=O) groups excluding carboxylic acids is 2. The van der Waals surface area contributed by atoms with E-state index in [4.69, 9.17) is 21.1 Å². The van der Waals surface area contributed by atoms with Crippen molar-refractivity contribution >= 4 is 40.9 Å². The molecule has 6 nitrogen and oxygen atoms in total. The minimum absolute atomic E-state index is 0.148. The van der Waals surface area contributed by atoms with Crippen LogP contribution in [0.3, 0.4) is 0 Å². The molecule has 0 bridgehead atoms. The Bertz CT molecular complexity index is 1110. The maximum absolute atomic E-state index is 12.4. The van der Waals surface area contributed by atoms with E-state index < -0.39 is 0 Å². The Hall–Kier alpha value is -3.77. The van der Waals surface area contributed by atoms with Gasteiger partial charge in [0.1, 0.15) is 0 Å². The number of hydrogen-bond acceptors (Lipinski definition) is 4. The maximum atomic E-state index is 12.4. The summed E-state index contributed by atoms with van der Waals surface area (Å²) in [5, 5.41) is 6.01. The molecule has 7 heteroatoms. The average molecular weight is 421 g/mol. The number of rotatable bonds is 5. The predicted octanol–water partition coefficient (Wildman–Crippen LogP) is 5.61. The third kappa shape index (κ3) is 4.79. The van der Waals surface area contributed by atoms with Crippen LogP contribution in [0.5, 0.6) is 11.5 Å². The van der Waals surface area contributed by atoms with Crippen molar-refractivity contribution in [1.29, 1.82) is 0 Å². The van der Waals surface area contributed by atoms with Crippen molar-refractivity contribution in [2.24, 2.45) is 0 Å². The lowest BCUT2D eigenvalue weighted by Gasteiger charge is -2.08. The van der Waals surface area contributed by atoms with Crippen molar-refractivity contribution < 1.29 is 19.1 Å². The van der Waals surface area contributed by atoms with Gasteiger partial charge in [0.25, 0.3) is 0 Å². The first-order valence-corrected chi connectivity index (χ1v) is 9.50. The zero-order valence-corrected chi connectivity index (χ0v) is 16.5. The van der Waals surface area contributed by atoms with Gasteiger partial charge in [-0.05, 0) is 72.3 Å². The number of ketones is 1. The van der Waals surface area contributed by atoms with Crippen LogP contribution in [0.1, 0.15) is 15.9 Å². The van der Waals surface area contributed by atoms with Crippen molar-refractivity contribution in [3.63, 3.8) is 0 Å². The number of ether oxygens (including phenoxy) is 2. The van der Waals surface area contributed by atoms with Gasteiger partial charge in [-0.15, -0.1) is 0 Å². The smallest absolute Gasteiger partial charge is 0.323 e. The van der Waals surface area contributed by atoms with Crippen LogP contribution in [0.2, 0.25) is 5.02 Å². The lowest BCUT2D eigenvalue weighted by molar-refractivity contribution is 0.104. The van der Waals surface area contributed by atoms with E-state index in [1.54, 1.807) is 54.6 Å². The highest BCUT2D eigenvalue weighted by Crippen LogP contribution is 2.32. The van der Waals surface area contributed by atoms with E-state index in [-0.39, 0.29) is 18.6 Å². The zero-order chi connectivity index (χ0) is 20.9. The predicted molar refractivity (Wildman–Crippen MR) is 116 cm³/mol. The summed E-state index contributed by atoms with van der Waals surface area (Å²) in [7, 11) is 0. The van der Waals surface area contributed by atoms with Gasteiger partial charge in [0.05, 0.1) is 0 Å². The molecule has 3 aromatic rings. The first-order chi connectivity index (χ1) is 14.6. The summed E-state index contributed by atoms with van der Waals surface area (Å²) in [4.78, 5) is 24.5. The highest BCUT2D eigenvalue weighted by molar-refractivity contribution is 6.30. The first-order valence-electron chi connectivity index (χ1n) is 9.12. The highest BCUT2D eigenvalue weighted by atomic mass is 35.5. The Kier molecular flexibility index (Phi) is 5.68. The number of anilines is 2. The topological polar surface area (TPSA) is 76.7 Å². The molecule has 0 radical (unpaired) electrons. The van der Waals surface area contributed by atoms with Crippen LogP contribution >= 0.6 is 11.6 Å². The quantitative estimate of drug-likeness (QED) is 0.415. The van der Waals surface area contributed by atoms with E-state index in [1.807, 2.05) is 18.2 Å². The molecular formula is C23H17ClN2O4. The summed E-state index contributed by atoms with van der Waals surface area (Å²) in [5.74, 6) is 1.21. The first kappa shape index (κ1) is 19.5. The molecule has 0 saturated heterocycles. The van der Waals surface area contributed by atoms with Crippen LogP contribution in [0.25, 0.3) is 6.08 Å². The molecule has 1 aliphatic rings. The number of benzene rings is 3. The van der Waals surface area contributed by atoms with Crippen molar-refractivity contribution in [3.05, 3.63) is 89.0 Å². The fraction of sp³-hybridized carbons (Fsp3) is 0.0435. The third-order valence-electron chi connectivity index (χ3n) is 4.35. The SMILES string of the molecule is O=C(Nc1ccc(Cl)cc1)Nc1ccc(C(=O)/C=C/c2ccc3c(c2)OCO3)cc1. The zero-order valence-electron chi connectivity index (χ0n) is 15.7. The fourth-order valence-corrected chi connectivity index (χ4v) is 2.96. The normalized spacial score (nSPS) is 12.0. The van der Waals surface area contributed by atoms with Gasteiger partial charge in [0.15, 0.2) is 17.3 Å². The number of carbonyl (C=O) groups is 2. The van der Waals surface area contributed by atoms with Crippen LogP contribution in [-0.2, 0) is 0 Å². The van der Waals surface area contributed by atoms with Crippen molar-refractivity contribution in [3.8, 4) is 11.5 Å². The molecule has 0 fully saturated rings. The van der Waals surface area contributed by atoms with Gasteiger partial charge in [-0.1, -0.05) is 23.7 Å². The van der Waals surface area contributed by atoms with E-state index in [0.717, 1.165) is 5.56 Å². The molecule has 1 aliphatic heterocycles. The summed E-state index contributed by atoms with van der Waals surface area (Å²) in [6.07, 6.45) is 3.21. The van der Waals surface area contributed by atoms with Gasteiger partial charge in [0.2, 0.25) is 6.79 Å². The molecule has 4 rings (SSSR count). The summed E-state index contributed by atoms with van der Waals surface area (Å²) < 4.78 is 10.6. The molecule has 2 N–H and O–H groups in total. The van der Waals surface area contributed by atoms with Gasteiger partial charge in [-0.3, -0.25) is 4.79 Å². The number of hydrogen-bond donors (Lipinski definition) is 2. The van der Waals surface area contributed by atoms with Crippen LogP contribution in [-0.4, -0.2) is 18.6 Å². The Labute approximate surface area is 178 Å². The summed E-state index contributed by atoms with van der Waals surface area (Å²) in [6.45, 7) is 0.208. The number of allylic oxidation sites excluding steroid dienone is 1. The lowest BCUT2D eigenvalue weighted by Crippen LogP contribution is -2.19. The molecule has 2 amide bonds. The number of urea groups is 1. The second-order valence-corrected chi connectivity index (χ2v) is 6.91. The number of nitrogens with one attached hydrogen (secondary N) is 2. The molecule has 0 aromatic heterocycles. The minimum Gasteiger partial charge on any atom is -0.454 e. The fourth-order valence-electron chi connectivity index (χ4n) is 2.83. The summed E-state index contributed by atoms with van der Waals surface area (Å²) >= 11 is 5.83. The van der Waals surface area contributed by atoms with Crippen molar-refractivity contribution in [2.75, 3.05) is 17.4 Å². The van der Waals surface area contributed by atoms with E-state index in [2.05, 4.69) is 10.6 Å². The number of halogens is 1. The second kappa shape index (κ2) is 8.71. The largest absolute Gasteiger partial charge is 0.454 e. The van der Waals surface area contributed by atoms with Gasteiger partial charge in [-0.25, -0.2) is 4.79 Å². The Morgan fingerprint density at radius 3 is 2.17 bits per heavy atom. The lowest BCUT2D eigenvalue weighted by atomic mass is 10.1. The molecule has 0 aliphatic carbocycles. The van der Waals surface area contributed by atoms with Crippen molar-refractivity contribution in [2.45, 2.75) is 0 Å². The van der Waals surface area contributed by atoms with Crippen LogP contribution < -0.4 is 20.1 Å². The van der Waals surface area contributed by atoms with Crippen LogP contribution in [0.4, 0.5) is 16.2 Å². The number of fused-ring (bicyclic) bond motifs is 1. The van der Waals surface area contributed by atoms with Crippen LogP contribution in [0, 0.1) is 0 Å². The Morgan fingerprint density at radius 2 is 1.47 bits per heavy atom. The summed E-state index contributed by atoms with van der Waals surface area (Å²) in [5.41, 5.74) is 2.54. The molecular weight excluding hydrogens is 404 g/mol.